The topological polar surface area (TPSA) is 68.0 Å². The second-order valence-electron chi connectivity index (χ2n) is 6.00. The van der Waals surface area contributed by atoms with E-state index in [-0.39, 0.29) is 17.8 Å². The Balaban J connectivity index is 2.00. The Morgan fingerprint density at radius 2 is 2.11 bits per heavy atom. The molecule has 4 nitrogen and oxygen atoms in total. The summed E-state index contributed by atoms with van der Waals surface area (Å²) >= 11 is 3.31. The number of halogens is 1. The third kappa shape index (κ3) is 3.69. The Morgan fingerprint density at radius 1 is 1.47 bits per heavy atom. The lowest BCUT2D eigenvalue weighted by Gasteiger charge is -2.34. The third-order valence-electron chi connectivity index (χ3n) is 3.80. The summed E-state index contributed by atoms with van der Waals surface area (Å²) in [5.74, 6) is 0.146. The molecule has 0 aromatic carbocycles. The van der Waals surface area contributed by atoms with Gasteiger partial charge in [0.05, 0.1) is 5.56 Å². The number of nitrogen functional groups attached to an aromatic ring is 1. The average molecular weight is 326 g/mol. The highest BCUT2D eigenvalue weighted by Crippen LogP contribution is 2.35. The number of aromatic nitrogens is 1. The summed E-state index contributed by atoms with van der Waals surface area (Å²) in [5, 5.41) is 3.06. The predicted octanol–water partition coefficient (Wildman–Crippen LogP) is 3.12. The van der Waals surface area contributed by atoms with Gasteiger partial charge in [-0.3, -0.25) is 4.79 Å². The minimum atomic E-state index is -0.129. The van der Waals surface area contributed by atoms with Crippen molar-refractivity contribution in [3.63, 3.8) is 0 Å². The van der Waals surface area contributed by atoms with Crippen molar-refractivity contribution >= 4 is 27.7 Å². The van der Waals surface area contributed by atoms with E-state index in [0.717, 1.165) is 30.2 Å². The number of anilines is 1. The molecule has 1 fully saturated rings. The molecule has 0 atom stereocenters. The first-order valence-electron chi connectivity index (χ1n) is 6.59. The first-order valence-corrected chi connectivity index (χ1v) is 7.38. The Labute approximate surface area is 122 Å². The largest absolute Gasteiger partial charge is 0.383 e. The van der Waals surface area contributed by atoms with Gasteiger partial charge in [0.1, 0.15) is 5.82 Å². The molecule has 1 saturated carbocycles. The highest BCUT2D eigenvalue weighted by atomic mass is 79.9. The number of nitrogens with two attached hydrogens (primary N) is 1. The number of nitrogens with one attached hydrogen (secondary N) is 1. The standard InChI is InChI=1S/C14H20BrN3O/c1-14(2)5-3-10(4-6-14)18-13(19)11-7-9(15)8-17-12(11)16/h7-8,10H,3-6H2,1-2H3,(H2,16,17)(H,18,19). The summed E-state index contributed by atoms with van der Waals surface area (Å²) < 4.78 is 0.761. The number of carbonyl (C=O) groups is 1. The normalized spacial score (nSPS) is 19.1. The first-order chi connectivity index (χ1) is 8.87. The Kier molecular flexibility index (Phi) is 4.13. The minimum absolute atomic E-state index is 0.129. The van der Waals surface area contributed by atoms with Crippen molar-refractivity contribution in [1.82, 2.24) is 10.3 Å². The number of carbonyl (C=O) groups excluding carboxylic acids is 1. The van der Waals surface area contributed by atoms with E-state index < -0.39 is 0 Å². The Bertz CT molecular complexity index is 478. The number of rotatable bonds is 2. The number of hydrogen-bond donors (Lipinski definition) is 2. The first kappa shape index (κ1) is 14.3. The van der Waals surface area contributed by atoms with Crippen LogP contribution >= 0.6 is 15.9 Å². The SMILES string of the molecule is CC1(C)CCC(NC(=O)c2cc(Br)cnc2N)CC1. The summed E-state index contributed by atoms with van der Waals surface area (Å²) in [6.07, 6.45) is 5.93. The molecule has 0 bridgehead atoms. The van der Waals surface area contributed by atoms with E-state index in [0.29, 0.717) is 11.0 Å². The second kappa shape index (κ2) is 5.49. The van der Waals surface area contributed by atoms with E-state index in [2.05, 4.69) is 40.1 Å². The fourth-order valence-corrected chi connectivity index (χ4v) is 2.77. The average Bonchev–Trinajstić information content (AvgIpc) is 2.35. The van der Waals surface area contributed by atoms with Crippen LogP contribution in [0, 0.1) is 5.41 Å². The van der Waals surface area contributed by atoms with Gasteiger partial charge in [-0.15, -0.1) is 0 Å². The second-order valence-corrected chi connectivity index (χ2v) is 6.91. The molecule has 0 spiro atoms. The van der Waals surface area contributed by atoms with Gasteiger partial charge in [0, 0.05) is 16.7 Å². The van der Waals surface area contributed by atoms with Crippen molar-refractivity contribution in [1.29, 1.82) is 0 Å². The minimum Gasteiger partial charge on any atom is -0.383 e. The van der Waals surface area contributed by atoms with Crippen LogP contribution in [0.25, 0.3) is 0 Å². The van der Waals surface area contributed by atoms with Gasteiger partial charge >= 0.3 is 0 Å². The van der Waals surface area contributed by atoms with Gasteiger partial charge in [0.2, 0.25) is 0 Å². The van der Waals surface area contributed by atoms with Gasteiger partial charge < -0.3 is 11.1 Å². The van der Waals surface area contributed by atoms with Crippen molar-refractivity contribution in [3.8, 4) is 0 Å². The van der Waals surface area contributed by atoms with Crippen molar-refractivity contribution in [2.45, 2.75) is 45.6 Å². The molecule has 1 aliphatic carbocycles. The zero-order chi connectivity index (χ0) is 14.0. The number of hydrogen-bond acceptors (Lipinski definition) is 3. The van der Waals surface area contributed by atoms with Crippen molar-refractivity contribution in [2.75, 3.05) is 5.73 Å². The molecule has 5 heteroatoms. The van der Waals surface area contributed by atoms with Crippen molar-refractivity contribution in [2.24, 2.45) is 5.41 Å². The van der Waals surface area contributed by atoms with Gasteiger partial charge in [-0.2, -0.15) is 0 Å². The van der Waals surface area contributed by atoms with Crippen LogP contribution in [-0.4, -0.2) is 16.9 Å². The van der Waals surface area contributed by atoms with Crippen LogP contribution in [0.2, 0.25) is 0 Å². The molecule has 2 rings (SSSR count). The van der Waals surface area contributed by atoms with Crippen LogP contribution in [0.1, 0.15) is 49.9 Å². The summed E-state index contributed by atoms with van der Waals surface area (Å²) in [4.78, 5) is 16.2. The lowest BCUT2D eigenvalue weighted by atomic mass is 9.75. The number of nitrogens with zero attached hydrogens (tertiary/aromatic N) is 1. The number of pyridine rings is 1. The van der Waals surface area contributed by atoms with Crippen LogP contribution in [0.3, 0.4) is 0 Å². The molecule has 1 aromatic heterocycles. The molecule has 1 aliphatic rings. The van der Waals surface area contributed by atoms with E-state index >= 15 is 0 Å². The van der Waals surface area contributed by atoms with Crippen molar-refractivity contribution in [3.05, 3.63) is 22.3 Å². The van der Waals surface area contributed by atoms with Crippen molar-refractivity contribution < 1.29 is 4.79 Å². The monoisotopic (exact) mass is 325 g/mol. The van der Waals surface area contributed by atoms with Crippen LogP contribution in [0.15, 0.2) is 16.7 Å². The molecular formula is C14H20BrN3O. The summed E-state index contributed by atoms with van der Waals surface area (Å²) in [6.45, 7) is 4.56. The lowest BCUT2D eigenvalue weighted by molar-refractivity contribution is 0.0909. The van der Waals surface area contributed by atoms with Crippen LogP contribution in [0.4, 0.5) is 5.82 Å². The number of amides is 1. The molecule has 0 unspecified atom stereocenters. The highest BCUT2D eigenvalue weighted by molar-refractivity contribution is 9.10. The van der Waals surface area contributed by atoms with E-state index in [1.807, 2.05) is 0 Å². The van der Waals surface area contributed by atoms with E-state index in [9.17, 15) is 4.79 Å². The summed E-state index contributed by atoms with van der Waals surface area (Å²) in [5.41, 5.74) is 6.59. The fourth-order valence-electron chi connectivity index (χ4n) is 2.44. The van der Waals surface area contributed by atoms with Gasteiger partial charge in [0.25, 0.3) is 5.91 Å². The van der Waals surface area contributed by atoms with E-state index in [1.165, 1.54) is 0 Å². The smallest absolute Gasteiger partial charge is 0.255 e. The highest BCUT2D eigenvalue weighted by Gasteiger charge is 2.28. The van der Waals surface area contributed by atoms with Crippen LogP contribution in [0.5, 0.6) is 0 Å². The molecule has 0 aliphatic heterocycles. The molecule has 104 valence electrons. The predicted molar refractivity (Wildman–Crippen MR) is 79.9 cm³/mol. The zero-order valence-electron chi connectivity index (χ0n) is 11.4. The molecule has 3 N–H and O–H groups in total. The Hall–Kier alpha value is -1.10. The van der Waals surface area contributed by atoms with Gasteiger partial charge in [0.15, 0.2) is 0 Å². The van der Waals surface area contributed by atoms with Crippen LogP contribution < -0.4 is 11.1 Å². The molecule has 0 radical (unpaired) electrons. The Morgan fingerprint density at radius 3 is 2.74 bits per heavy atom. The van der Waals surface area contributed by atoms with E-state index in [1.54, 1.807) is 12.3 Å². The fraction of sp³-hybridized carbons (Fsp3) is 0.571. The molecular weight excluding hydrogens is 306 g/mol. The molecule has 1 heterocycles. The molecule has 19 heavy (non-hydrogen) atoms. The lowest BCUT2D eigenvalue weighted by Crippen LogP contribution is -2.39. The third-order valence-corrected chi connectivity index (χ3v) is 4.24. The van der Waals surface area contributed by atoms with Gasteiger partial charge in [-0.25, -0.2) is 4.98 Å². The maximum absolute atomic E-state index is 12.2. The molecule has 1 amide bonds. The van der Waals surface area contributed by atoms with Crippen LogP contribution in [-0.2, 0) is 0 Å². The zero-order valence-corrected chi connectivity index (χ0v) is 13.0. The van der Waals surface area contributed by atoms with Gasteiger partial charge in [-0.1, -0.05) is 13.8 Å². The van der Waals surface area contributed by atoms with Gasteiger partial charge in [-0.05, 0) is 53.1 Å². The summed E-state index contributed by atoms with van der Waals surface area (Å²) in [6, 6.07) is 1.96. The van der Waals surface area contributed by atoms with E-state index in [4.69, 9.17) is 5.73 Å². The quantitative estimate of drug-likeness (QED) is 0.877. The molecule has 0 saturated heterocycles. The maximum atomic E-state index is 12.2. The molecule has 1 aromatic rings. The summed E-state index contributed by atoms with van der Waals surface area (Å²) in [7, 11) is 0. The maximum Gasteiger partial charge on any atom is 0.255 e.